The first-order valence-electron chi connectivity index (χ1n) is 6.88. The van der Waals surface area contributed by atoms with Gasteiger partial charge in [0.25, 0.3) is 0 Å². The second-order valence-corrected chi connectivity index (χ2v) is 7.83. The molecule has 1 saturated heterocycles. The van der Waals surface area contributed by atoms with E-state index in [0.29, 0.717) is 18.5 Å². The summed E-state index contributed by atoms with van der Waals surface area (Å²) in [6.07, 6.45) is 2.12. The van der Waals surface area contributed by atoms with Crippen LogP contribution in [0.15, 0.2) is 35.4 Å². The third-order valence-electron chi connectivity index (χ3n) is 3.85. The van der Waals surface area contributed by atoms with E-state index in [1.54, 1.807) is 25.3 Å². The lowest BCUT2D eigenvalue weighted by molar-refractivity contribution is 0.0762. The SMILES string of the molecule is Cc1cnc2c(S(=O)(=O)N3CCC(C)(O)C3)cccc2c1. The molecule has 0 radical (unpaired) electrons. The fourth-order valence-electron chi connectivity index (χ4n) is 2.70. The van der Waals surface area contributed by atoms with E-state index in [-0.39, 0.29) is 11.4 Å². The Bertz CT molecular complexity index is 800. The lowest BCUT2D eigenvalue weighted by Gasteiger charge is -2.19. The molecular formula is C15H18N2O3S. The molecule has 0 bridgehead atoms. The Morgan fingerprint density at radius 2 is 2.14 bits per heavy atom. The van der Waals surface area contributed by atoms with Gasteiger partial charge in [-0.25, -0.2) is 8.42 Å². The molecule has 3 rings (SSSR count). The Balaban J connectivity index is 2.12. The molecule has 1 aromatic carbocycles. The average Bonchev–Trinajstić information content (AvgIpc) is 2.78. The van der Waals surface area contributed by atoms with Crippen LogP contribution in [0.2, 0.25) is 0 Å². The fraction of sp³-hybridized carbons (Fsp3) is 0.400. The highest BCUT2D eigenvalue weighted by molar-refractivity contribution is 7.89. The van der Waals surface area contributed by atoms with E-state index in [1.807, 2.05) is 19.1 Å². The van der Waals surface area contributed by atoms with Gasteiger partial charge in [0.2, 0.25) is 10.0 Å². The van der Waals surface area contributed by atoms with Gasteiger partial charge in [-0.2, -0.15) is 4.31 Å². The third-order valence-corrected chi connectivity index (χ3v) is 5.72. The molecule has 1 aromatic heterocycles. The van der Waals surface area contributed by atoms with Crippen LogP contribution in [0, 0.1) is 6.92 Å². The van der Waals surface area contributed by atoms with Crippen molar-refractivity contribution in [3.8, 4) is 0 Å². The van der Waals surface area contributed by atoms with Gasteiger partial charge in [-0.1, -0.05) is 12.1 Å². The first-order chi connectivity index (χ1) is 9.79. The third kappa shape index (κ3) is 2.54. The first kappa shape index (κ1) is 14.4. The standard InChI is InChI=1S/C15H18N2O3S/c1-11-8-12-4-3-5-13(14(12)16-9-11)21(19,20)17-7-6-15(2,18)10-17/h3-5,8-9,18H,6-7,10H2,1-2H3. The smallest absolute Gasteiger partial charge is 0.245 e. The lowest BCUT2D eigenvalue weighted by Crippen LogP contribution is -2.34. The van der Waals surface area contributed by atoms with Crippen LogP contribution in [-0.2, 0) is 10.0 Å². The van der Waals surface area contributed by atoms with Gasteiger partial charge in [-0.3, -0.25) is 4.98 Å². The van der Waals surface area contributed by atoms with Gasteiger partial charge in [0.15, 0.2) is 0 Å². The number of para-hydroxylation sites is 1. The Morgan fingerprint density at radius 1 is 1.38 bits per heavy atom. The summed E-state index contributed by atoms with van der Waals surface area (Å²) in [6, 6.07) is 7.08. The number of aryl methyl sites for hydroxylation is 1. The maximum absolute atomic E-state index is 12.8. The number of rotatable bonds is 2. The number of hydrogen-bond acceptors (Lipinski definition) is 4. The van der Waals surface area contributed by atoms with Gasteiger partial charge in [0, 0.05) is 24.7 Å². The second-order valence-electron chi connectivity index (χ2n) is 5.93. The number of aliphatic hydroxyl groups is 1. The zero-order chi connectivity index (χ0) is 15.3. The van der Waals surface area contributed by atoms with Crippen LogP contribution in [0.4, 0.5) is 0 Å². The van der Waals surface area contributed by atoms with Crippen LogP contribution in [0.1, 0.15) is 18.9 Å². The monoisotopic (exact) mass is 306 g/mol. The summed E-state index contributed by atoms with van der Waals surface area (Å²) in [5.74, 6) is 0. The number of fused-ring (bicyclic) bond motifs is 1. The summed E-state index contributed by atoms with van der Waals surface area (Å²) < 4.78 is 26.9. The van der Waals surface area contributed by atoms with Crippen molar-refractivity contribution in [2.24, 2.45) is 0 Å². The average molecular weight is 306 g/mol. The van der Waals surface area contributed by atoms with Crippen LogP contribution in [0.3, 0.4) is 0 Å². The van der Waals surface area contributed by atoms with Crippen LogP contribution in [-0.4, -0.2) is 41.5 Å². The van der Waals surface area contributed by atoms with E-state index in [1.165, 1.54) is 4.31 Å². The summed E-state index contributed by atoms with van der Waals surface area (Å²) in [4.78, 5) is 4.49. The summed E-state index contributed by atoms with van der Waals surface area (Å²) in [7, 11) is -3.64. The molecule has 2 heterocycles. The number of pyridine rings is 1. The quantitative estimate of drug-likeness (QED) is 0.916. The maximum atomic E-state index is 12.8. The summed E-state index contributed by atoms with van der Waals surface area (Å²) in [5.41, 5.74) is 0.512. The Labute approximate surface area is 124 Å². The van der Waals surface area contributed by atoms with Crippen LogP contribution < -0.4 is 0 Å². The van der Waals surface area contributed by atoms with Crippen molar-refractivity contribution in [3.63, 3.8) is 0 Å². The first-order valence-corrected chi connectivity index (χ1v) is 8.32. The van der Waals surface area contributed by atoms with Crippen LogP contribution in [0.5, 0.6) is 0 Å². The molecular weight excluding hydrogens is 288 g/mol. The lowest BCUT2D eigenvalue weighted by atomic mass is 10.1. The molecule has 0 amide bonds. The highest BCUT2D eigenvalue weighted by atomic mass is 32.2. The van der Waals surface area contributed by atoms with E-state index < -0.39 is 15.6 Å². The molecule has 1 aliphatic rings. The van der Waals surface area contributed by atoms with Crippen LogP contribution in [0.25, 0.3) is 10.9 Å². The molecule has 0 spiro atoms. The zero-order valence-electron chi connectivity index (χ0n) is 12.1. The van der Waals surface area contributed by atoms with Crippen molar-refractivity contribution in [2.75, 3.05) is 13.1 Å². The predicted molar refractivity (Wildman–Crippen MR) is 80.5 cm³/mol. The van der Waals surface area contributed by atoms with Gasteiger partial charge in [-0.05, 0) is 38.0 Å². The van der Waals surface area contributed by atoms with Gasteiger partial charge in [0.1, 0.15) is 4.90 Å². The molecule has 1 aliphatic heterocycles. The summed E-state index contributed by atoms with van der Waals surface area (Å²) >= 11 is 0. The highest BCUT2D eigenvalue weighted by Crippen LogP contribution is 2.30. The van der Waals surface area contributed by atoms with Gasteiger partial charge in [-0.15, -0.1) is 0 Å². The molecule has 0 saturated carbocycles. The Hall–Kier alpha value is -1.50. The number of sulfonamides is 1. The minimum absolute atomic E-state index is 0.123. The number of hydrogen-bond donors (Lipinski definition) is 1. The normalized spacial score (nSPS) is 23.8. The molecule has 5 nitrogen and oxygen atoms in total. The van der Waals surface area contributed by atoms with Crippen molar-refractivity contribution >= 4 is 20.9 Å². The largest absolute Gasteiger partial charge is 0.389 e. The minimum Gasteiger partial charge on any atom is -0.389 e. The molecule has 1 atom stereocenters. The summed E-state index contributed by atoms with van der Waals surface area (Å²) in [6.45, 7) is 4.04. The van der Waals surface area contributed by atoms with Gasteiger partial charge >= 0.3 is 0 Å². The predicted octanol–water partition coefficient (Wildman–Crippen LogP) is 1.69. The van der Waals surface area contributed by atoms with E-state index in [9.17, 15) is 13.5 Å². The number of nitrogens with zero attached hydrogens (tertiary/aromatic N) is 2. The van der Waals surface area contributed by atoms with Crippen molar-refractivity contribution < 1.29 is 13.5 Å². The topological polar surface area (TPSA) is 70.5 Å². The molecule has 0 aliphatic carbocycles. The number of aromatic nitrogens is 1. The van der Waals surface area contributed by atoms with E-state index in [4.69, 9.17) is 0 Å². The molecule has 6 heteroatoms. The highest BCUT2D eigenvalue weighted by Gasteiger charge is 2.39. The van der Waals surface area contributed by atoms with Crippen molar-refractivity contribution in [2.45, 2.75) is 30.8 Å². The number of β-amino-alcohol motifs (C(OH)–C–C–N with tert-alkyl or cyclic N) is 1. The molecule has 1 N–H and O–H groups in total. The van der Waals surface area contributed by atoms with Crippen molar-refractivity contribution in [3.05, 3.63) is 36.0 Å². The summed E-state index contributed by atoms with van der Waals surface area (Å²) in [5, 5.41) is 10.8. The van der Waals surface area contributed by atoms with Gasteiger partial charge < -0.3 is 5.11 Å². The Morgan fingerprint density at radius 3 is 2.81 bits per heavy atom. The maximum Gasteiger partial charge on any atom is 0.245 e. The van der Waals surface area contributed by atoms with Gasteiger partial charge in [0.05, 0.1) is 11.1 Å². The van der Waals surface area contributed by atoms with E-state index in [0.717, 1.165) is 10.9 Å². The van der Waals surface area contributed by atoms with Crippen molar-refractivity contribution in [1.29, 1.82) is 0 Å². The Kier molecular flexibility index (Phi) is 3.27. The molecule has 2 aromatic rings. The minimum atomic E-state index is -3.64. The molecule has 21 heavy (non-hydrogen) atoms. The zero-order valence-corrected chi connectivity index (χ0v) is 12.9. The van der Waals surface area contributed by atoms with E-state index >= 15 is 0 Å². The van der Waals surface area contributed by atoms with Crippen LogP contribution >= 0.6 is 0 Å². The molecule has 1 unspecified atom stereocenters. The van der Waals surface area contributed by atoms with Crippen molar-refractivity contribution in [1.82, 2.24) is 9.29 Å². The molecule has 1 fully saturated rings. The fourth-order valence-corrected chi connectivity index (χ4v) is 4.42. The number of benzene rings is 1. The molecule has 112 valence electrons. The van der Waals surface area contributed by atoms with E-state index in [2.05, 4.69) is 4.98 Å². The second kappa shape index (κ2) is 4.76.